The van der Waals surface area contributed by atoms with Crippen LogP contribution in [0, 0.1) is 12.3 Å². The van der Waals surface area contributed by atoms with E-state index in [2.05, 4.69) is 22.9 Å². The van der Waals surface area contributed by atoms with Gasteiger partial charge in [-0.15, -0.1) is 6.42 Å². The monoisotopic (exact) mass is 535 g/mol. The maximum atomic E-state index is 13.7. The molecular weight excluding hydrogens is 505 g/mol. The molecule has 37 heavy (non-hydrogen) atoms. The van der Waals surface area contributed by atoms with Crippen molar-refractivity contribution in [2.75, 3.05) is 6.61 Å². The van der Waals surface area contributed by atoms with Gasteiger partial charge in [0.15, 0.2) is 11.8 Å². The lowest BCUT2D eigenvalue weighted by molar-refractivity contribution is -0.149. The van der Waals surface area contributed by atoms with Gasteiger partial charge in [0.1, 0.15) is 29.8 Å². The molecule has 0 radical (unpaired) electrons. The second kappa shape index (κ2) is 11.5. The van der Waals surface area contributed by atoms with Crippen LogP contribution in [0.3, 0.4) is 0 Å². The van der Waals surface area contributed by atoms with Crippen LogP contribution < -0.4 is 14.9 Å². The fourth-order valence-corrected chi connectivity index (χ4v) is 5.05. The summed E-state index contributed by atoms with van der Waals surface area (Å²) in [6, 6.07) is 7.00. The first-order valence-corrected chi connectivity index (χ1v) is 12.9. The van der Waals surface area contributed by atoms with E-state index >= 15 is 0 Å². The fourth-order valence-electron chi connectivity index (χ4n) is 3.55. The van der Waals surface area contributed by atoms with Gasteiger partial charge in [0.2, 0.25) is 0 Å². The first kappa shape index (κ1) is 28.4. The van der Waals surface area contributed by atoms with Gasteiger partial charge in [0.25, 0.3) is 5.91 Å². The maximum Gasteiger partial charge on any atom is 0.459 e. The van der Waals surface area contributed by atoms with Gasteiger partial charge in [-0.2, -0.15) is 5.09 Å². The van der Waals surface area contributed by atoms with Crippen molar-refractivity contribution < 1.29 is 42.9 Å². The number of carbonyl (C=O) groups excluding carboxylic acids is 2. The van der Waals surface area contributed by atoms with Gasteiger partial charge in [-0.25, -0.2) is 4.57 Å². The second-order valence-corrected chi connectivity index (χ2v) is 10.3. The van der Waals surface area contributed by atoms with Gasteiger partial charge in [-0.05, 0) is 32.9 Å². The average molecular weight is 535 g/mol. The Bertz CT molecular complexity index is 1140. The number of nitrogens with one attached hydrogen (secondary N) is 2. The lowest BCUT2D eigenvalue weighted by Crippen LogP contribution is -2.54. The van der Waals surface area contributed by atoms with Gasteiger partial charge in [-0.1, -0.05) is 30.7 Å². The molecule has 1 aromatic carbocycles. The summed E-state index contributed by atoms with van der Waals surface area (Å²) in [5, 5.41) is 26.8. The van der Waals surface area contributed by atoms with Crippen LogP contribution in [0.1, 0.15) is 20.8 Å². The van der Waals surface area contributed by atoms with E-state index in [1.54, 1.807) is 32.0 Å². The highest BCUT2D eigenvalue weighted by molar-refractivity contribution is 7.52. The third kappa shape index (κ3) is 6.59. The molecule has 2 heterocycles. The van der Waals surface area contributed by atoms with E-state index in [0.717, 1.165) is 6.08 Å². The number of benzene rings is 1. The van der Waals surface area contributed by atoms with Gasteiger partial charge < -0.3 is 34.4 Å². The predicted octanol–water partition coefficient (Wildman–Crippen LogP) is 0.987. The molecular formula is C24H30N3O9P. The minimum absolute atomic E-state index is 0.0529. The quantitative estimate of drug-likeness (QED) is 0.192. The van der Waals surface area contributed by atoms with E-state index in [-0.39, 0.29) is 11.6 Å². The molecule has 2 aliphatic heterocycles. The molecule has 4 N–H and O–H groups in total. The molecule has 1 aromatic rings. The smallest absolute Gasteiger partial charge is 0.459 e. The van der Waals surface area contributed by atoms with E-state index in [4.69, 9.17) is 24.9 Å². The molecule has 12 nitrogen and oxygen atoms in total. The van der Waals surface area contributed by atoms with Crippen LogP contribution >= 0.6 is 7.75 Å². The molecule has 13 heteroatoms. The number of aliphatic hydroxyl groups excluding tert-OH is 1. The van der Waals surface area contributed by atoms with E-state index < -0.39 is 62.4 Å². The summed E-state index contributed by atoms with van der Waals surface area (Å²) in [7, 11) is -4.27. The van der Waals surface area contributed by atoms with Gasteiger partial charge in [0.05, 0.1) is 12.7 Å². The Morgan fingerprint density at radius 2 is 2.05 bits per heavy atom. The molecule has 0 bridgehead atoms. The standard InChI is InChI=1S/C24H30N3O9P/c1-6-24(31)21(29)19(35-23(24)27-13-12-20(28)25-17(27)5)14-33-37(32,36-18-10-8-7-9-11-18)26-16(4)22(30)34-15(2)3/h1,7-13,15-16,19,21,23,29,31H,5,14H2,2-4H3,(H,25,28)(H,26,32)/t16?,19-,21-,23-,24-,37?/m1/s1. The Morgan fingerprint density at radius 3 is 2.65 bits per heavy atom. The van der Waals surface area contributed by atoms with E-state index in [9.17, 15) is 24.4 Å². The molecule has 200 valence electrons. The summed E-state index contributed by atoms with van der Waals surface area (Å²) in [5.41, 5.74) is -2.25. The van der Waals surface area contributed by atoms with Crippen molar-refractivity contribution in [3.05, 3.63) is 55.0 Å². The van der Waals surface area contributed by atoms with Gasteiger partial charge in [0, 0.05) is 12.3 Å². The molecule has 1 saturated heterocycles. The Morgan fingerprint density at radius 1 is 1.38 bits per heavy atom. The average Bonchev–Trinajstić information content (AvgIpc) is 3.08. The summed E-state index contributed by atoms with van der Waals surface area (Å²) in [4.78, 5) is 25.1. The molecule has 3 rings (SSSR count). The minimum Gasteiger partial charge on any atom is -0.462 e. The SMILES string of the molecule is C#C[C@@]1(O)[C@H](O)[C@@H](COP(=O)(NC(C)C(=O)OC(C)C)Oc2ccccc2)O[C@H]1N1C=CC(=O)NC1=C. The molecule has 1 fully saturated rings. The third-order valence-electron chi connectivity index (χ3n) is 5.37. The highest BCUT2D eigenvalue weighted by atomic mass is 31.2. The number of carbonyl (C=O) groups is 2. The van der Waals surface area contributed by atoms with Crippen LogP contribution in [0.25, 0.3) is 0 Å². The molecule has 0 aromatic heterocycles. The summed E-state index contributed by atoms with van der Waals surface area (Å²) in [5.74, 6) is 1.22. The molecule has 1 amide bonds. The zero-order valence-corrected chi connectivity index (χ0v) is 21.5. The number of terminal acetylenes is 1. The van der Waals surface area contributed by atoms with Crippen LogP contribution in [0.4, 0.5) is 0 Å². The Labute approximate surface area is 214 Å². The molecule has 6 atom stereocenters. The van der Waals surface area contributed by atoms with Crippen molar-refractivity contribution in [3.63, 3.8) is 0 Å². The largest absolute Gasteiger partial charge is 0.462 e. The van der Waals surface area contributed by atoms with Crippen LogP contribution in [0.15, 0.2) is 55.0 Å². The zero-order valence-electron chi connectivity index (χ0n) is 20.6. The van der Waals surface area contributed by atoms with Crippen molar-refractivity contribution in [3.8, 4) is 18.1 Å². The maximum absolute atomic E-state index is 13.7. The number of para-hydroxylation sites is 1. The van der Waals surface area contributed by atoms with Gasteiger partial charge >= 0.3 is 13.7 Å². The van der Waals surface area contributed by atoms with Crippen LogP contribution in [0.2, 0.25) is 0 Å². The summed E-state index contributed by atoms with van der Waals surface area (Å²) in [6.07, 6.45) is 3.20. The molecule has 0 saturated carbocycles. The number of hydrogen-bond acceptors (Lipinski definition) is 10. The number of nitrogens with zero attached hydrogens (tertiary/aromatic N) is 1. The van der Waals surface area contributed by atoms with E-state index in [1.165, 1.54) is 30.2 Å². The predicted molar refractivity (Wildman–Crippen MR) is 131 cm³/mol. The van der Waals surface area contributed by atoms with Crippen molar-refractivity contribution in [2.24, 2.45) is 0 Å². The minimum atomic E-state index is -4.27. The molecule has 0 spiro atoms. The topological polar surface area (TPSA) is 156 Å². The lowest BCUT2D eigenvalue weighted by atomic mass is 9.94. The Balaban J connectivity index is 1.80. The highest BCUT2D eigenvalue weighted by Crippen LogP contribution is 2.46. The summed E-state index contributed by atoms with van der Waals surface area (Å²) < 4.78 is 35.7. The Hall–Kier alpha value is -3.17. The van der Waals surface area contributed by atoms with Crippen molar-refractivity contribution in [1.29, 1.82) is 0 Å². The Kier molecular flexibility index (Phi) is 8.81. The third-order valence-corrected chi connectivity index (χ3v) is 7.01. The van der Waals surface area contributed by atoms with E-state index in [0.29, 0.717) is 0 Å². The summed E-state index contributed by atoms with van der Waals surface area (Å²) in [6.45, 7) is 7.88. The highest BCUT2D eigenvalue weighted by Gasteiger charge is 2.57. The molecule has 0 aliphatic carbocycles. The fraction of sp³-hybridized carbons (Fsp3) is 0.417. The second-order valence-electron chi connectivity index (χ2n) is 8.63. The summed E-state index contributed by atoms with van der Waals surface area (Å²) >= 11 is 0. The molecule has 2 unspecified atom stereocenters. The van der Waals surface area contributed by atoms with Crippen LogP contribution in [-0.4, -0.2) is 69.8 Å². The van der Waals surface area contributed by atoms with Crippen LogP contribution in [-0.2, 0) is 28.2 Å². The van der Waals surface area contributed by atoms with Crippen molar-refractivity contribution in [1.82, 2.24) is 15.3 Å². The normalized spacial score (nSPS) is 27.8. The number of amides is 1. The van der Waals surface area contributed by atoms with Crippen molar-refractivity contribution >= 4 is 19.6 Å². The van der Waals surface area contributed by atoms with E-state index in [1.807, 2.05) is 0 Å². The number of hydrogen-bond donors (Lipinski definition) is 4. The first-order valence-electron chi connectivity index (χ1n) is 11.4. The number of rotatable bonds is 10. The molecule has 2 aliphatic rings. The lowest BCUT2D eigenvalue weighted by Gasteiger charge is -2.36. The first-order chi connectivity index (χ1) is 17.4. The number of esters is 1. The zero-order chi connectivity index (χ0) is 27.4. The van der Waals surface area contributed by atoms with Gasteiger partial charge in [-0.3, -0.25) is 14.1 Å². The number of ether oxygens (including phenoxy) is 2. The van der Waals surface area contributed by atoms with Crippen LogP contribution in [0.5, 0.6) is 5.75 Å². The number of aliphatic hydroxyl groups is 2. The van der Waals surface area contributed by atoms with Crippen molar-refractivity contribution in [2.45, 2.75) is 57.0 Å².